The first kappa shape index (κ1) is 32.0. The van der Waals surface area contributed by atoms with Gasteiger partial charge in [0, 0.05) is 56.4 Å². The summed E-state index contributed by atoms with van der Waals surface area (Å²) in [5.41, 5.74) is 2.23. The van der Waals surface area contributed by atoms with Crippen molar-refractivity contribution >= 4 is 28.4 Å². The molecule has 2 saturated heterocycles. The van der Waals surface area contributed by atoms with E-state index in [-0.39, 0.29) is 24.2 Å². The van der Waals surface area contributed by atoms with E-state index >= 15 is 0 Å². The standard InChI is InChI=1S/C35H40ClN5O5/c1-25(2)46-34-26(22-39-18-20-44-21-19-39)6-5-9-31(34)41-32(37-30-8-4-3-7-29(30)35(41)43)23-38-14-16-40(17-15-38)33(42)24-45-28-12-10-27(36)11-13-28/h3-13,25H,14-24H2,1-2H3. The lowest BCUT2D eigenvalue weighted by Crippen LogP contribution is -2.50. The van der Waals surface area contributed by atoms with Gasteiger partial charge < -0.3 is 19.1 Å². The van der Waals surface area contributed by atoms with E-state index in [1.807, 2.05) is 55.1 Å². The highest BCUT2D eigenvalue weighted by atomic mass is 35.5. The highest BCUT2D eigenvalue weighted by molar-refractivity contribution is 6.30. The third-order valence-electron chi connectivity index (χ3n) is 8.28. The molecule has 3 heterocycles. The molecule has 0 atom stereocenters. The van der Waals surface area contributed by atoms with Gasteiger partial charge in [-0.2, -0.15) is 0 Å². The van der Waals surface area contributed by atoms with Gasteiger partial charge in [0.15, 0.2) is 6.61 Å². The molecule has 1 amide bonds. The molecule has 0 unspecified atom stereocenters. The van der Waals surface area contributed by atoms with Gasteiger partial charge in [0.2, 0.25) is 0 Å². The molecule has 6 rings (SSSR count). The molecule has 242 valence electrons. The first-order valence-electron chi connectivity index (χ1n) is 15.8. The Hall–Kier alpha value is -3.96. The molecule has 46 heavy (non-hydrogen) atoms. The van der Waals surface area contributed by atoms with Crippen LogP contribution in [0, 0.1) is 0 Å². The molecule has 2 fully saturated rings. The molecule has 1 aromatic heterocycles. The van der Waals surface area contributed by atoms with Crippen LogP contribution < -0.4 is 15.0 Å². The van der Waals surface area contributed by atoms with Gasteiger partial charge in [-0.1, -0.05) is 35.9 Å². The summed E-state index contributed by atoms with van der Waals surface area (Å²) < 4.78 is 19.4. The number of hydrogen-bond acceptors (Lipinski definition) is 8. The summed E-state index contributed by atoms with van der Waals surface area (Å²) in [5, 5.41) is 1.17. The molecule has 11 heteroatoms. The summed E-state index contributed by atoms with van der Waals surface area (Å²) in [6.45, 7) is 10.6. The molecule has 2 aliphatic heterocycles. The Morgan fingerprint density at radius 3 is 2.35 bits per heavy atom. The molecule has 4 aromatic rings. The number of morpholine rings is 1. The fraction of sp³-hybridized carbons (Fsp3) is 0.400. The number of carbonyl (C=O) groups excluding carboxylic acids is 1. The summed E-state index contributed by atoms with van der Waals surface area (Å²) in [5.74, 6) is 1.86. The van der Waals surface area contributed by atoms with Crippen molar-refractivity contribution in [2.45, 2.75) is 33.0 Å². The molecule has 10 nitrogen and oxygen atoms in total. The number of amides is 1. The van der Waals surface area contributed by atoms with Gasteiger partial charge in [0.05, 0.1) is 42.5 Å². The zero-order valence-corrected chi connectivity index (χ0v) is 27.1. The number of hydrogen-bond donors (Lipinski definition) is 0. The molecule has 0 radical (unpaired) electrons. The Morgan fingerprint density at radius 1 is 0.891 bits per heavy atom. The Morgan fingerprint density at radius 2 is 1.61 bits per heavy atom. The van der Waals surface area contributed by atoms with Crippen molar-refractivity contribution in [1.82, 2.24) is 24.3 Å². The van der Waals surface area contributed by atoms with Gasteiger partial charge in [0.1, 0.15) is 17.3 Å². The molecule has 0 aliphatic carbocycles. The normalized spacial score (nSPS) is 16.2. The summed E-state index contributed by atoms with van der Waals surface area (Å²) in [6, 6.07) is 20.4. The SMILES string of the molecule is CC(C)Oc1c(CN2CCOCC2)cccc1-n1c(CN2CCN(C(=O)COc3ccc(Cl)cc3)CC2)nc2ccccc2c1=O. The minimum Gasteiger partial charge on any atom is -0.488 e. The van der Waals surface area contributed by atoms with Crippen LogP contribution in [0.2, 0.25) is 5.02 Å². The third-order valence-corrected chi connectivity index (χ3v) is 8.53. The molecule has 0 bridgehead atoms. The van der Waals surface area contributed by atoms with Crippen molar-refractivity contribution in [3.8, 4) is 17.2 Å². The maximum atomic E-state index is 14.2. The minimum atomic E-state index is -0.133. The number of piperazine rings is 1. The zero-order chi connectivity index (χ0) is 32.0. The maximum Gasteiger partial charge on any atom is 0.266 e. The van der Waals surface area contributed by atoms with E-state index in [1.54, 1.807) is 28.8 Å². The predicted molar refractivity (Wildman–Crippen MR) is 178 cm³/mol. The van der Waals surface area contributed by atoms with E-state index in [4.69, 9.17) is 30.8 Å². The molecule has 2 aliphatic rings. The van der Waals surface area contributed by atoms with Crippen LogP contribution in [0.25, 0.3) is 16.6 Å². The lowest BCUT2D eigenvalue weighted by Gasteiger charge is -2.35. The third kappa shape index (κ3) is 7.53. The second-order valence-corrected chi connectivity index (χ2v) is 12.3. The Kier molecular flexibility index (Phi) is 10.2. The van der Waals surface area contributed by atoms with Gasteiger partial charge in [0.25, 0.3) is 11.5 Å². The molecular formula is C35H40ClN5O5. The number of rotatable bonds is 10. The summed E-state index contributed by atoms with van der Waals surface area (Å²) in [4.78, 5) is 38.6. The summed E-state index contributed by atoms with van der Waals surface area (Å²) in [7, 11) is 0. The van der Waals surface area contributed by atoms with Crippen molar-refractivity contribution in [3.63, 3.8) is 0 Å². The predicted octanol–water partition coefficient (Wildman–Crippen LogP) is 4.38. The Labute approximate surface area is 274 Å². The van der Waals surface area contributed by atoms with Crippen molar-refractivity contribution in [2.75, 3.05) is 59.1 Å². The number of nitrogens with zero attached hydrogens (tertiary/aromatic N) is 5. The van der Waals surface area contributed by atoms with Crippen LogP contribution in [-0.4, -0.2) is 95.4 Å². The van der Waals surface area contributed by atoms with Gasteiger partial charge in [-0.25, -0.2) is 4.98 Å². The number of carbonyl (C=O) groups is 1. The van der Waals surface area contributed by atoms with Crippen LogP contribution >= 0.6 is 11.6 Å². The zero-order valence-electron chi connectivity index (χ0n) is 26.4. The van der Waals surface area contributed by atoms with Gasteiger partial charge in [-0.15, -0.1) is 0 Å². The lowest BCUT2D eigenvalue weighted by atomic mass is 10.1. The summed E-state index contributed by atoms with van der Waals surface area (Å²) in [6.07, 6.45) is -0.0913. The summed E-state index contributed by atoms with van der Waals surface area (Å²) >= 11 is 5.95. The fourth-order valence-electron chi connectivity index (χ4n) is 5.90. The number of fused-ring (bicyclic) bond motifs is 1. The first-order chi connectivity index (χ1) is 22.4. The Bertz CT molecular complexity index is 1710. The number of halogens is 1. The Balaban J connectivity index is 1.25. The van der Waals surface area contributed by atoms with Crippen molar-refractivity contribution in [2.24, 2.45) is 0 Å². The highest BCUT2D eigenvalue weighted by Crippen LogP contribution is 2.31. The van der Waals surface area contributed by atoms with E-state index in [0.717, 1.165) is 18.7 Å². The van der Waals surface area contributed by atoms with E-state index in [9.17, 15) is 9.59 Å². The smallest absolute Gasteiger partial charge is 0.266 e. The van der Waals surface area contributed by atoms with Gasteiger partial charge in [-0.3, -0.25) is 24.0 Å². The number of ether oxygens (including phenoxy) is 3. The van der Waals surface area contributed by atoms with Crippen molar-refractivity contribution in [1.29, 1.82) is 0 Å². The molecule has 3 aromatic carbocycles. The van der Waals surface area contributed by atoms with E-state index in [1.165, 1.54) is 0 Å². The first-order valence-corrected chi connectivity index (χ1v) is 16.2. The largest absolute Gasteiger partial charge is 0.488 e. The van der Waals surface area contributed by atoms with Crippen LogP contribution in [0.4, 0.5) is 0 Å². The topological polar surface area (TPSA) is 89.4 Å². The average molecular weight is 646 g/mol. The lowest BCUT2D eigenvalue weighted by molar-refractivity contribution is -0.135. The van der Waals surface area contributed by atoms with Gasteiger partial charge in [-0.05, 0) is 56.3 Å². The quantitative estimate of drug-likeness (QED) is 0.251. The van der Waals surface area contributed by atoms with Gasteiger partial charge >= 0.3 is 0 Å². The fourth-order valence-corrected chi connectivity index (χ4v) is 6.03. The van der Waals surface area contributed by atoms with Crippen LogP contribution in [-0.2, 0) is 22.6 Å². The molecule has 0 spiro atoms. The minimum absolute atomic E-state index is 0.0349. The number of aromatic nitrogens is 2. The van der Waals surface area contributed by atoms with Crippen LogP contribution in [0.5, 0.6) is 11.5 Å². The average Bonchev–Trinajstić information content (AvgIpc) is 3.06. The van der Waals surface area contributed by atoms with E-state index in [0.29, 0.717) is 91.4 Å². The molecule has 0 N–H and O–H groups in total. The highest BCUT2D eigenvalue weighted by Gasteiger charge is 2.25. The van der Waals surface area contributed by atoms with Crippen molar-refractivity contribution in [3.05, 3.63) is 93.5 Å². The van der Waals surface area contributed by atoms with E-state index in [2.05, 4.69) is 15.9 Å². The molecule has 0 saturated carbocycles. The van der Waals surface area contributed by atoms with Crippen molar-refractivity contribution < 1.29 is 19.0 Å². The molecular weight excluding hydrogens is 606 g/mol. The van der Waals surface area contributed by atoms with Crippen LogP contribution in [0.15, 0.2) is 71.5 Å². The van der Waals surface area contributed by atoms with Crippen LogP contribution in [0.3, 0.4) is 0 Å². The van der Waals surface area contributed by atoms with E-state index < -0.39 is 0 Å². The second kappa shape index (κ2) is 14.6. The number of para-hydroxylation sites is 2. The van der Waals surface area contributed by atoms with Crippen LogP contribution in [0.1, 0.15) is 25.2 Å². The monoisotopic (exact) mass is 645 g/mol. The second-order valence-electron chi connectivity index (χ2n) is 11.9. The number of benzene rings is 3. The maximum absolute atomic E-state index is 14.2.